The van der Waals surface area contributed by atoms with E-state index in [0.717, 1.165) is 10.6 Å². The highest BCUT2D eigenvalue weighted by atomic mass is 32.1. The molecule has 2 rings (SSSR count). The average molecular weight is 293 g/mol. The van der Waals surface area contributed by atoms with E-state index in [-0.39, 0.29) is 11.6 Å². The van der Waals surface area contributed by atoms with Crippen molar-refractivity contribution in [3.8, 4) is 10.6 Å². The van der Waals surface area contributed by atoms with Crippen molar-refractivity contribution in [3.05, 3.63) is 29.3 Å². The summed E-state index contributed by atoms with van der Waals surface area (Å²) in [7, 11) is 0. The molecule has 2 aromatic rings. The van der Waals surface area contributed by atoms with E-state index in [4.69, 9.17) is 5.11 Å². The molecule has 6 nitrogen and oxygen atoms in total. The van der Waals surface area contributed by atoms with Crippen LogP contribution in [0.5, 0.6) is 0 Å². The lowest BCUT2D eigenvalue weighted by molar-refractivity contribution is -0.141. The molecule has 2 atom stereocenters. The van der Waals surface area contributed by atoms with Gasteiger partial charge in [0.05, 0.1) is 16.5 Å². The van der Waals surface area contributed by atoms with E-state index in [0.29, 0.717) is 0 Å². The Morgan fingerprint density at radius 2 is 2.20 bits per heavy atom. The van der Waals surface area contributed by atoms with Crippen LogP contribution in [-0.2, 0) is 4.79 Å². The normalized spacial score (nSPS) is 13.7. The lowest BCUT2D eigenvalue weighted by Crippen LogP contribution is -2.40. The minimum Gasteiger partial charge on any atom is -0.481 e. The quantitative estimate of drug-likeness (QED) is 0.785. The monoisotopic (exact) mass is 293 g/mol. The first-order valence-corrected chi connectivity index (χ1v) is 7.00. The molecule has 0 spiro atoms. The number of nitrogens with one attached hydrogen (secondary N) is 2. The first-order chi connectivity index (χ1) is 9.49. The van der Waals surface area contributed by atoms with Crippen molar-refractivity contribution in [1.29, 1.82) is 0 Å². The van der Waals surface area contributed by atoms with E-state index in [1.54, 1.807) is 31.3 Å². The van der Waals surface area contributed by atoms with Crippen molar-refractivity contribution < 1.29 is 14.7 Å². The molecule has 2 unspecified atom stereocenters. The van der Waals surface area contributed by atoms with E-state index < -0.39 is 17.9 Å². The second-order valence-corrected chi connectivity index (χ2v) is 5.48. The zero-order valence-corrected chi connectivity index (χ0v) is 11.9. The molecule has 0 aliphatic heterocycles. The van der Waals surface area contributed by atoms with Gasteiger partial charge in [-0.2, -0.15) is 5.10 Å². The number of amides is 1. The van der Waals surface area contributed by atoms with E-state index >= 15 is 0 Å². The minimum atomic E-state index is -0.945. The van der Waals surface area contributed by atoms with Crippen LogP contribution in [0, 0.1) is 5.92 Å². The van der Waals surface area contributed by atoms with Gasteiger partial charge in [0.2, 0.25) is 0 Å². The number of aromatic amines is 1. The molecule has 2 heterocycles. The minimum absolute atomic E-state index is 0.248. The molecule has 0 aliphatic carbocycles. The van der Waals surface area contributed by atoms with Crippen LogP contribution >= 0.6 is 11.3 Å². The molecular formula is C13H15N3O3S. The van der Waals surface area contributed by atoms with Crippen molar-refractivity contribution in [1.82, 2.24) is 15.5 Å². The Balaban J connectivity index is 2.05. The molecular weight excluding hydrogens is 278 g/mol. The number of carboxylic acid groups (broad SMARTS) is 1. The van der Waals surface area contributed by atoms with Gasteiger partial charge < -0.3 is 10.4 Å². The molecule has 0 saturated heterocycles. The molecule has 106 valence electrons. The molecule has 0 saturated carbocycles. The largest absolute Gasteiger partial charge is 0.481 e. The first kappa shape index (κ1) is 14.3. The molecule has 3 N–H and O–H groups in total. The fraction of sp³-hybridized carbons (Fsp3) is 0.308. The van der Waals surface area contributed by atoms with Gasteiger partial charge in [0.15, 0.2) is 5.69 Å². The molecule has 0 aromatic carbocycles. The SMILES string of the molecule is CC(NC(=O)c1cc(-c2cccs2)[nH]n1)C(C)C(=O)O. The third kappa shape index (κ3) is 3.05. The summed E-state index contributed by atoms with van der Waals surface area (Å²) in [5.74, 6) is -1.99. The van der Waals surface area contributed by atoms with E-state index in [9.17, 15) is 9.59 Å². The summed E-state index contributed by atoms with van der Waals surface area (Å²) in [4.78, 5) is 23.8. The van der Waals surface area contributed by atoms with Crippen LogP contribution in [0.15, 0.2) is 23.6 Å². The summed E-state index contributed by atoms with van der Waals surface area (Å²) >= 11 is 1.54. The summed E-state index contributed by atoms with van der Waals surface area (Å²) in [5, 5.41) is 20.2. The van der Waals surface area contributed by atoms with E-state index in [1.807, 2.05) is 17.5 Å². The van der Waals surface area contributed by atoms with Gasteiger partial charge in [-0.3, -0.25) is 14.7 Å². The standard InChI is InChI=1S/C13H15N3O3S/c1-7(13(18)19)8(2)14-12(17)10-6-9(15-16-10)11-4-3-5-20-11/h3-8H,1-2H3,(H,14,17)(H,15,16)(H,18,19). The van der Waals surface area contributed by atoms with Crippen LogP contribution in [0.2, 0.25) is 0 Å². The van der Waals surface area contributed by atoms with Crippen LogP contribution in [0.3, 0.4) is 0 Å². The van der Waals surface area contributed by atoms with Crippen LogP contribution in [0.25, 0.3) is 10.6 Å². The predicted molar refractivity (Wildman–Crippen MR) is 75.6 cm³/mol. The number of aromatic nitrogens is 2. The number of rotatable bonds is 5. The maximum absolute atomic E-state index is 12.0. The molecule has 0 radical (unpaired) electrons. The summed E-state index contributed by atoms with van der Waals surface area (Å²) in [6, 6.07) is 5.02. The molecule has 20 heavy (non-hydrogen) atoms. The van der Waals surface area contributed by atoms with Gasteiger partial charge in [0.1, 0.15) is 0 Å². The van der Waals surface area contributed by atoms with Crippen molar-refractivity contribution >= 4 is 23.2 Å². The second-order valence-electron chi connectivity index (χ2n) is 4.53. The van der Waals surface area contributed by atoms with Crippen LogP contribution in [-0.4, -0.2) is 33.2 Å². The van der Waals surface area contributed by atoms with Crippen molar-refractivity contribution in [3.63, 3.8) is 0 Å². The summed E-state index contributed by atoms with van der Waals surface area (Å²) in [5.41, 5.74) is 1.02. The van der Waals surface area contributed by atoms with E-state index in [2.05, 4.69) is 15.5 Å². The number of aliphatic carboxylic acids is 1. The first-order valence-electron chi connectivity index (χ1n) is 6.12. The number of H-pyrrole nitrogens is 1. The third-order valence-electron chi connectivity index (χ3n) is 3.10. The fourth-order valence-corrected chi connectivity index (χ4v) is 2.31. The molecule has 2 aromatic heterocycles. The van der Waals surface area contributed by atoms with Gasteiger partial charge in [0, 0.05) is 6.04 Å². The molecule has 0 fully saturated rings. The molecule has 0 aliphatic rings. The van der Waals surface area contributed by atoms with Gasteiger partial charge in [0.25, 0.3) is 5.91 Å². The number of hydrogen-bond acceptors (Lipinski definition) is 4. The third-order valence-corrected chi connectivity index (χ3v) is 4.00. The van der Waals surface area contributed by atoms with Crippen molar-refractivity contribution in [2.24, 2.45) is 5.92 Å². The summed E-state index contributed by atoms with van der Waals surface area (Å²) in [6.07, 6.45) is 0. The molecule has 0 bridgehead atoms. The summed E-state index contributed by atoms with van der Waals surface area (Å²) < 4.78 is 0. The number of thiophene rings is 1. The van der Waals surface area contributed by atoms with Gasteiger partial charge in [-0.05, 0) is 31.4 Å². The Morgan fingerprint density at radius 1 is 1.45 bits per heavy atom. The Kier molecular flexibility index (Phi) is 4.19. The molecule has 7 heteroatoms. The summed E-state index contributed by atoms with van der Waals surface area (Å²) in [6.45, 7) is 3.21. The Bertz CT molecular complexity index is 606. The van der Waals surface area contributed by atoms with Crippen LogP contribution in [0.1, 0.15) is 24.3 Å². The van der Waals surface area contributed by atoms with Crippen molar-refractivity contribution in [2.45, 2.75) is 19.9 Å². The lowest BCUT2D eigenvalue weighted by atomic mass is 10.0. The highest BCUT2D eigenvalue weighted by Crippen LogP contribution is 2.22. The lowest BCUT2D eigenvalue weighted by Gasteiger charge is -2.16. The zero-order valence-electron chi connectivity index (χ0n) is 11.1. The van der Waals surface area contributed by atoms with Gasteiger partial charge in [-0.25, -0.2) is 0 Å². The van der Waals surface area contributed by atoms with Crippen LogP contribution in [0.4, 0.5) is 0 Å². The van der Waals surface area contributed by atoms with Gasteiger partial charge >= 0.3 is 5.97 Å². The fourth-order valence-electron chi connectivity index (χ4n) is 1.62. The number of nitrogens with zero attached hydrogens (tertiary/aromatic N) is 1. The maximum Gasteiger partial charge on any atom is 0.308 e. The van der Waals surface area contributed by atoms with E-state index in [1.165, 1.54) is 0 Å². The number of carboxylic acids is 1. The Labute approximate surface area is 119 Å². The topological polar surface area (TPSA) is 95.1 Å². The number of hydrogen-bond donors (Lipinski definition) is 3. The average Bonchev–Trinajstić information content (AvgIpc) is 3.07. The van der Waals surface area contributed by atoms with Gasteiger partial charge in [-0.15, -0.1) is 11.3 Å². The zero-order chi connectivity index (χ0) is 14.7. The smallest absolute Gasteiger partial charge is 0.308 e. The second kappa shape index (κ2) is 5.87. The highest BCUT2D eigenvalue weighted by molar-refractivity contribution is 7.13. The molecule has 1 amide bonds. The number of carbonyl (C=O) groups is 2. The van der Waals surface area contributed by atoms with Gasteiger partial charge in [-0.1, -0.05) is 6.07 Å². The van der Waals surface area contributed by atoms with Crippen molar-refractivity contribution in [2.75, 3.05) is 0 Å². The Hall–Kier alpha value is -2.15. The van der Waals surface area contributed by atoms with Crippen LogP contribution < -0.4 is 5.32 Å². The maximum atomic E-state index is 12.0. The highest BCUT2D eigenvalue weighted by Gasteiger charge is 2.22. The predicted octanol–water partition coefficient (Wildman–Crippen LogP) is 1.98. The Morgan fingerprint density at radius 3 is 2.80 bits per heavy atom. The number of carbonyl (C=O) groups excluding carboxylic acids is 1.